The molecule has 0 bridgehead atoms. The van der Waals surface area contributed by atoms with Crippen LogP contribution in [0.3, 0.4) is 0 Å². The standard InChI is InChI=1S/C13H14FNO/c1-13(5-2-6-15)8-9-3-4-10(14)7-11(9)12(13)16/h3-4,7,12,16H,2,5,8H2,1H3. The lowest BCUT2D eigenvalue weighted by atomic mass is 9.80. The fourth-order valence-electron chi connectivity index (χ4n) is 2.46. The molecule has 0 saturated heterocycles. The number of hydrogen-bond acceptors (Lipinski definition) is 2. The number of fused-ring (bicyclic) bond motifs is 1. The number of aliphatic hydroxyl groups excluding tert-OH is 1. The highest BCUT2D eigenvalue weighted by molar-refractivity contribution is 5.37. The minimum absolute atomic E-state index is 0.317. The van der Waals surface area contributed by atoms with Crippen LogP contribution in [0.4, 0.5) is 4.39 Å². The average Bonchev–Trinajstić information content (AvgIpc) is 2.50. The van der Waals surface area contributed by atoms with E-state index in [2.05, 4.69) is 6.07 Å². The van der Waals surface area contributed by atoms with Gasteiger partial charge in [-0.25, -0.2) is 4.39 Å². The van der Waals surface area contributed by atoms with Gasteiger partial charge in [0.2, 0.25) is 0 Å². The summed E-state index contributed by atoms with van der Waals surface area (Å²) in [4.78, 5) is 0. The molecule has 0 aliphatic heterocycles. The van der Waals surface area contributed by atoms with Gasteiger partial charge in [-0.2, -0.15) is 5.26 Å². The van der Waals surface area contributed by atoms with Crippen LogP contribution in [0.5, 0.6) is 0 Å². The van der Waals surface area contributed by atoms with E-state index < -0.39 is 6.10 Å². The van der Waals surface area contributed by atoms with E-state index in [1.807, 2.05) is 6.92 Å². The Bertz CT molecular complexity index is 452. The number of nitriles is 1. The molecule has 0 fully saturated rings. The van der Waals surface area contributed by atoms with Crippen molar-refractivity contribution in [2.24, 2.45) is 5.41 Å². The number of aliphatic hydroxyl groups is 1. The van der Waals surface area contributed by atoms with Crippen molar-refractivity contribution in [3.8, 4) is 6.07 Å². The molecule has 0 amide bonds. The second-order valence-corrected chi connectivity index (χ2v) is 4.73. The minimum atomic E-state index is -0.661. The maximum absolute atomic E-state index is 13.1. The minimum Gasteiger partial charge on any atom is -0.388 e. The molecule has 2 unspecified atom stereocenters. The first-order chi connectivity index (χ1) is 7.57. The van der Waals surface area contributed by atoms with E-state index in [0.717, 1.165) is 5.56 Å². The Morgan fingerprint density at radius 1 is 1.62 bits per heavy atom. The summed E-state index contributed by atoms with van der Waals surface area (Å²) >= 11 is 0. The lowest BCUT2D eigenvalue weighted by Crippen LogP contribution is -2.21. The Hall–Kier alpha value is -1.40. The Balaban J connectivity index is 2.30. The van der Waals surface area contributed by atoms with Gasteiger partial charge in [0.1, 0.15) is 5.82 Å². The molecule has 1 aromatic rings. The first kappa shape index (κ1) is 11.1. The van der Waals surface area contributed by atoms with E-state index in [9.17, 15) is 9.50 Å². The van der Waals surface area contributed by atoms with Crippen LogP contribution in [0.15, 0.2) is 18.2 Å². The van der Waals surface area contributed by atoms with Gasteiger partial charge in [0.15, 0.2) is 0 Å². The van der Waals surface area contributed by atoms with E-state index in [0.29, 0.717) is 24.8 Å². The van der Waals surface area contributed by atoms with Gasteiger partial charge in [0.05, 0.1) is 12.2 Å². The third-order valence-corrected chi connectivity index (χ3v) is 3.46. The van der Waals surface area contributed by atoms with E-state index in [4.69, 9.17) is 5.26 Å². The van der Waals surface area contributed by atoms with E-state index in [1.54, 1.807) is 6.07 Å². The molecule has 3 heteroatoms. The van der Waals surface area contributed by atoms with Gasteiger partial charge in [0, 0.05) is 11.8 Å². The summed E-state index contributed by atoms with van der Waals surface area (Å²) in [5.74, 6) is -0.317. The average molecular weight is 219 g/mol. The lowest BCUT2D eigenvalue weighted by Gasteiger charge is -2.27. The van der Waals surface area contributed by atoms with Gasteiger partial charge in [0.25, 0.3) is 0 Å². The maximum Gasteiger partial charge on any atom is 0.123 e. The third-order valence-electron chi connectivity index (χ3n) is 3.46. The summed E-state index contributed by atoms with van der Waals surface area (Å²) in [5.41, 5.74) is 1.35. The quantitative estimate of drug-likeness (QED) is 0.831. The fraction of sp³-hybridized carbons (Fsp3) is 0.462. The van der Waals surface area contributed by atoms with Gasteiger partial charge in [-0.3, -0.25) is 0 Å². The molecule has 0 radical (unpaired) electrons. The molecule has 0 saturated carbocycles. The van der Waals surface area contributed by atoms with Crippen LogP contribution in [0.2, 0.25) is 0 Å². The van der Waals surface area contributed by atoms with Crippen LogP contribution < -0.4 is 0 Å². The zero-order chi connectivity index (χ0) is 11.8. The third kappa shape index (κ3) is 1.70. The predicted octanol–water partition coefficient (Wildman–Crippen LogP) is 2.73. The van der Waals surface area contributed by atoms with Crippen molar-refractivity contribution in [2.75, 3.05) is 0 Å². The molecule has 16 heavy (non-hydrogen) atoms. The van der Waals surface area contributed by atoms with Gasteiger partial charge in [-0.15, -0.1) is 0 Å². The van der Waals surface area contributed by atoms with Crippen molar-refractivity contribution < 1.29 is 9.50 Å². The van der Waals surface area contributed by atoms with Gasteiger partial charge in [-0.1, -0.05) is 13.0 Å². The molecule has 2 atom stereocenters. The Morgan fingerprint density at radius 3 is 3.06 bits per heavy atom. The molecule has 1 aromatic carbocycles. The molecular weight excluding hydrogens is 205 g/mol. The van der Waals surface area contributed by atoms with Crippen molar-refractivity contribution in [3.63, 3.8) is 0 Å². The number of hydrogen-bond donors (Lipinski definition) is 1. The first-order valence-corrected chi connectivity index (χ1v) is 5.40. The number of halogens is 1. The monoisotopic (exact) mass is 219 g/mol. The second-order valence-electron chi connectivity index (χ2n) is 4.73. The van der Waals surface area contributed by atoms with Crippen molar-refractivity contribution in [1.29, 1.82) is 5.26 Å². The molecule has 84 valence electrons. The van der Waals surface area contributed by atoms with Crippen LogP contribution in [-0.2, 0) is 6.42 Å². The highest BCUT2D eigenvalue weighted by Crippen LogP contribution is 2.48. The topological polar surface area (TPSA) is 44.0 Å². The van der Waals surface area contributed by atoms with E-state index >= 15 is 0 Å². The van der Waals surface area contributed by atoms with Crippen LogP contribution in [0, 0.1) is 22.6 Å². The number of nitrogens with zero attached hydrogens (tertiary/aromatic N) is 1. The molecule has 0 heterocycles. The molecule has 0 spiro atoms. The Morgan fingerprint density at radius 2 is 2.38 bits per heavy atom. The predicted molar refractivity (Wildman–Crippen MR) is 58.0 cm³/mol. The van der Waals surface area contributed by atoms with Crippen molar-refractivity contribution in [3.05, 3.63) is 35.1 Å². The molecule has 0 aromatic heterocycles. The largest absolute Gasteiger partial charge is 0.388 e. The number of benzene rings is 1. The first-order valence-electron chi connectivity index (χ1n) is 5.40. The van der Waals surface area contributed by atoms with Crippen molar-refractivity contribution >= 4 is 0 Å². The summed E-state index contributed by atoms with van der Waals surface area (Å²) in [6, 6.07) is 6.64. The van der Waals surface area contributed by atoms with Crippen molar-refractivity contribution in [2.45, 2.75) is 32.3 Å². The summed E-state index contributed by atoms with van der Waals surface area (Å²) in [5, 5.41) is 18.8. The van der Waals surface area contributed by atoms with Gasteiger partial charge >= 0.3 is 0 Å². The van der Waals surface area contributed by atoms with Crippen LogP contribution >= 0.6 is 0 Å². The zero-order valence-electron chi connectivity index (χ0n) is 9.20. The Kier molecular flexibility index (Phi) is 2.69. The van der Waals surface area contributed by atoms with Gasteiger partial charge < -0.3 is 5.11 Å². The zero-order valence-corrected chi connectivity index (χ0v) is 9.20. The molecule has 2 rings (SSSR count). The van der Waals surface area contributed by atoms with E-state index in [-0.39, 0.29) is 11.2 Å². The summed E-state index contributed by atoms with van der Waals surface area (Å²) in [7, 11) is 0. The fourth-order valence-corrected chi connectivity index (χ4v) is 2.46. The van der Waals surface area contributed by atoms with Crippen LogP contribution in [0.25, 0.3) is 0 Å². The molecule has 1 N–H and O–H groups in total. The smallest absolute Gasteiger partial charge is 0.123 e. The normalized spacial score (nSPS) is 27.5. The van der Waals surface area contributed by atoms with Crippen molar-refractivity contribution in [1.82, 2.24) is 0 Å². The molecule has 2 nitrogen and oxygen atoms in total. The summed E-state index contributed by atoms with van der Waals surface area (Å²) in [6.45, 7) is 1.95. The van der Waals surface area contributed by atoms with Gasteiger partial charge in [-0.05, 0) is 36.1 Å². The lowest BCUT2D eigenvalue weighted by molar-refractivity contribution is 0.0470. The Labute approximate surface area is 94.3 Å². The molecule has 1 aliphatic rings. The maximum atomic E-state index is 13.1. The molecular formula is C13H14FNO. The second kappa shape index (κ2) is 3.88. The summed E-state index contributed by atoms with van der Waals surface area (Å²) in [6.07, 6.45) is 1.11. The van der Waals surface area contributed by atoms with E-state index in [1.165, 1.54) is 12.1 Å². The molecule has 1 aliphatic carbocycles. The number of rotatable bonds is 2. The SMILES string of the molecule is CC1(CCC#N)Cc2ccc(F)cc2C1O. The van der Waals surface area contributed by atoms with Crippen LogP contribution in [0.1, 0.15) is 37.0 Å². The summed E-state index contributed by atoms with van der Waals surface area (Å²) < 4.78 is 13.1. The highest BCUT2D eigenvalue weighted by atomic mass is 19.1. The van der Waals surface area contributed by atoms with Crippen LogP contribution in [-0.4, -0.2) is 5.11 Å². The highest BCUT2D eigenvalue weighted by Gasteiger charge is 2.41.